The standard InChI is InChI=1S/C22H30N6O3S.C3H8O/c1-15-13-23-19(24-14-15)12-16(2)32-27-22-26-25-20(10-5-6-11-29)28(22)21-17(30-3)8-7-9-18(21)31-4;1-3(2)4/h7-9,13-14,16,29H,5-6,10-12H2,1-4H3,(H,26,27);3-4H,1-2H3. The molecule has 1 unspecified atom stereocenters. The molecule has 1 atom stereocenters. The van der Waals surface area contributed by atoms with E-state index in [0.29, 0.717) is 36.7 Å². The van der Waals surface area contributed by atoms with Crippen molar-refractivity contribution in [3.8, 4) is 17.2 Å². The summed E-state index contributed by atoms with van der Waals surface area (Å²) in [5.41, 5.74) is 1.78. The van der Waals surface area contributed by atoms with Crippen LogP contribution in [0.15, 0.2) is 30.6 Å². The zero-order valence-corrected chi connectivity index (χ0v) is 22.7. The number of unbranched alkanes of at least 4 members (excludes halogenated alkanes) is 1. The second-order valence-corrected chi connectivity index (χ2v) is 9.72. The number of methoxy groups -OCH3 is 2. The smallest absolute Gasteiger partial charge is 0.239 e. The van der Waals surface area contributed by atoms with E-state index in [-0.39, 0.29) is 18.0 Å². The molecule has 36 heavy (non-hydrogen) atoms. The van der Waals surface area contributed by atoms with Gasteiger partial charge in [-0.05, 0) is 63.3 Å². The monoisotopic (exact) mass is 518 g/mol. The Morgan fingerprint density at radius 3 is 2.19 bits per heavy atom. The molecule has 0 aliphatic carbocycles. The van der Waals surface area contributed by atoms with Gasteiger partial charge in [0, 0.05) is 43.2 Å². The number of rotatable bonds is 12. The average Bonchev–Trinajstić information content (AvgIpc) is 3.25. The number of hydrogen-bond donors (Lipinski definition) is 3. The van der Waals surface area contributed by atoms with Crippen molar-refractivity contribution in [3.05, 3.63) is 47.8 Å². The normalized spacial score (nSPS) is 11.6. The van der Waals surface area contributed by atoms with Crippen LogP contribution in [0.5, 0.6) is 11.5 Å². The number of anilines is 1. The van der Waals surface area contributed by atoms with Crippen LogP contribution in [0.25, 0.3) is 5.69 Å². The Balaban J connectivity index is 0.00000106. The van der Waals surface area contributed by atoms with Crippen molar-refractivity contribution in [2.75, 3.05) is 25.5 Å². The molecular weight excluding hydrogens is 480 g/mol. The summed E-state index contributed by atoms with van der Waals surface area (Å²) < 4.78 is 16.5. The molecule has 0 spiro atoms. The second-order valence-electron chi connectivity index (χ2n) is 8.47. The average molecular weight is 519 g/mol. The summed E-state index contributed by atoms with van der Waals surface area (Å²) in [4.78, 5) is 8.78. The molecule has 198 valence electrons. The van der Waals surface area contributed by atoms with Gasteiger partial charge in [-0.15, -0.1) is 10.2 Å². The Hall–Kier alpha value is -2.89. The fourth-order valence-corrected chi connectivity index (χ4v) is 3.87. The van der Waals surface area contributed by atoms with Gasteiger partial charge in [0.1, 0.15) is 28.8 Å². The van der Waals surface area contributed by atoms with Crippen LogP contribution >= 0.6 is 11.9 Å². The van der Waals surface area contributed by atoms with Gasteiger partial charge in [0.05, 0.1) is 14.2 Å². The Labute approximate surface area is 217 Å². The largest absolute Gasteiger partial charge is 0.494 e. The van der Waals surface area contributed by atoms with Crippen molar-refractivity contribution in [2.24, 2.45) is 0 Å². The van der Waals surface area contributed by atoms with Crippen molar-refractivity contribution in [2.45, 2.75) is 64.7 Å². The van der Waals surface area contributed by atoms with Gasteiger partial charge in [-0.2, -0.15) is 0 Å². The highest BCUT2D eigenvalue weighted by Crippen LogP contribution is 2.36. The Morgan fingerprint density at radius 2 is 1.64 bits per heavy atom. The third kappa shape index (κ3) is 8.96. The van der Waals surface area contributed by atoms with E-state index in [0.717, 1.165) is 29.3 Å². The Bertz CT molecular complexity index is 1020. The third-order valence-electron chi connectivity index (χ3n) is 4.82. The highest BCUT2D eigenvalue weighted by molar-refractivity contribution is 8.01. The number of aromatic nitrogens is 5. The molecule has 2 aromatic heterocycles. The summed E-state index contributed by atoms with van der Waals surface area (Å²) >= 11 is 1.53. The molecule has 0 radical (unpaired) electrons. The first-order valence-electron chi connectivity index (χ1n) is 11.9. The Morgan fingerprint density at radius 1 is 1.03 bits per heavy atom. The molecule has 0 aliphatic rings. The minimum Gasteiger partial charge on any atom is -0.494 e. The highest BCUT2D eigenvalue weighted by Gasteiger charge is 2.21. The van der Waals surface area contributed by atoms with Gasteiger partial charge in [-0.3, -0.25) is 9.29 Å². The van der Waals surface area contributed by atoms with Gasteiger partial charge in [0.25, 0.3) is 0 Å². The number of aliphatic hydroxyl groups is 2. The number of nitrogens with one attached hydrogen (secondary N) is 1. The quantitative estimate of drug-likeness (QED) is 0.241. The van der Waals surface area contributed by atoms with E-state index in [1.54, 1.807) is 28.1 Å². The zero-order valence-electron chi connectivity index (χ0n) is 21.9. The van der Waals surface area contributed by atoms with Gasteiger partial charge in [0.15, 0.2) is 0 Å². The first kappa shape index (κ1) is 29.3. The number of para-hydroxylation sites is 1. The number of benzene rings is 1. The number of aryl methyl sites for hydroxylation is 2. The number of aliphatic hydroxyl groups excluding tert-OH is 2. The zero-order chi connectivity index (χ0) is 26.5. The maximum atomic E-state index is 9.17. The van der Waals surface area contributed by atoms with Crippen molar-refractivity contribution in [3.63, 3.8) is 0 Å². The summed E-state index contributed by atoms with van der Waals surface area (Å²) in [7, 11) is 3.25. The topological polar surface area (TPSA) is 127 Å². The summed E-state index contributed by atoms with van der Waals surface area (Å²) in [6.07, 6.45) is 6.36. The van der Waals surface area contributed by atoms with Crippen LogP contribution in [0.3, 0.4) is 0 Å². The lowest BCUT2D eigenvalue weighted by molar-refractivity contribution is 0.216. The molecule has 0 fully saturated rings. The summed E-state index contributed by atoms with van der Waals surface area (Å²) in [6, 6.07) is 5.63. The first-order chi connectivity index (χ1) is 17.3. The van der Waals surface area contributed by atoms with Crippen LogP contribution in [0.1, 0.15) is 50.8 Å². The molecule has 0 saturated carbocycles. The van der Waals surface area contributed by atoms with E-state index >= 15 is 0 Å². The lowest BCUT2D eigenvalue weighted by atomic mass is 10.2. The molecule has 1 aromatic carbocycles. The van der Waals surface area contributed by atoms with Crippen LogP contribution < -0.4 is 14.2 Å². The van der Waals surface area contributed by atoms with E-state index < -0.39 is 0 Å². The minimum absolute atomic E-state index is 0.145. The van der Waals surface area contributed by atoms with Gasteiger partial charge in [-0.1, -0.05) is 13.0 Å². The molecule has 0 aliphatic heterocycles. The van der Waals surface area contributed by atoms with Gasteiger partial charge in [-0.25, -0.2) is 9.97 Å². The van der Waals surface area contributed by atoms with E-state index in [1.807, 2.05) is 42.1 Å². The van der Waals surface area contributed by atoms with Crippen LogP contribution in [-0.2, 0) is 12.8 Å². The first-order valence-corrected chi connectivity index (χ1v) is 12.8. The van der Waals surface area contributed by atoms with E-state index in [9.17, 15) is 5.11 Å². The molecule has 3 aromatic rings. The predicted octanol–water partition coefficient (Wildman–Crippen LogP) is 3.78. The molecule has 2 heterocycles. The van der Waals surface area contributed by atoms with Crippen LogP contribution in [-0.4, -0.2) is 67.1 Å². The highest BCUT2D eigenvalue weighted by atomic mass is 32.2. The minimum atomic E-state index is -0.167. The number of ether oxygens (including phenoxy) is 2. The lowest BCUT2D eigenvalue weighted by Gasteiger charge is -2.18. The number of nitrogens with zero attached hydrogens (tertiary/aromatic N) is 5. The van der Waals surface area contributed by atoms with Crippen LogP contribution in [0, 0.1) is 6.92 Å². The molecule has 11 heteroatoms. The molecular formula is C25H38N6O4S. The maximum absolute atomic E-state index is 9.17. The Kier molecular flexibility index (Phi) is 12.4. The van der Waals surface area contributed by atoms with Crippen molar-refractivity contribution in [1.82, 2.24) is 24.7 Å². The summed E-state index contributed by atoms with van der Waals surface area (Å²) in [5.74, 6) is 3.45. The molecule has 10 nitrogen and oxygen atoms in total. The van der Waals surface area contributed by atoms with Crippen molar-refractivity contribution < 1.29 is 19.7 Å². The maximum Gasteiger partial charge on any atom is 0.239 e. The van der Waals surface area contributed by atoms with Crippen molar-refractivity contribution in [1.29, 1.82) is 0 Å². The van der Waals surface area contributed by atoms with E-state index in [2.05, 4.69) is 31.8 Å². The fourth-order valence-electron chi connectivity index (χ4n) is 3.20. The van der Waals surface area contributed by atoms with Crippen LogP contribution in [0.2, 0.25) is 0 Å². The van der Waals surface area contributed by atoms with Gasteiger partial charge >= 0.3 is 0 Å². The molecule has 0 saturated heterocycles. The molecule has 3 N–H and O–H groups in total. The summed E-state index contributed by atoms with van der Waals surface area (Å²) in [5, 5.41) is 26.2. The molecule has 3 rings (SSSR count). The van der Waals surface area contributed by atoms with E-state index in [4.69, 9.17) is 14.6 Å². The van der Waals surface area contributed by atoms with E-state index in [1.165, 1.54) is 11.9 Å². The number of hydrogen-bond acceptors (Lipinski definition) is 10. The van der Waals surface area contributed by atoms with Crippen molar-refractivity contribution >= 4 is 17.9 Å². The van der Waals surface area contributed by atoms with Gasteiger partial charge < -0.3 is 19.7 Å². The second kappa shape index (κ2) is 15.3. The molecule has 0 amide bonds. The van der Waals surface area contributed by atoms with Crippen LogP contribution in [0.4, 0.5) is 5.95 Å². The third-order valence-corrected chi connectivity index (χ3v) is 5.69. The fraction of sp³-hybridized carbons (Fsp3) is 0.520. The lowest BCUT2D eigenvalue weighted by Crippen LogP contribution is -2.12. The molecule has 0 bridgehead atoms. The summed E-state index contributed by atoms with van der Waals surface area (Å²) in [6.45, 7) is 7.67. The van der Waals surface area contributed by atoms with Gasteiger partial charge in [0.2, 0.25) is 5.95 Å². The SMILES string of the molecule is CC(C)O.COc1cccc(OC)c1-n1c(CCCCO)nnc1NSC(C)Cc1ncc(C)cn1. The predicted molar refractivity (Wildman–Crippen MR) is 143 cm³/mol.